The van der Waals surface area contributed by atoms with Gasteiger partial charge in [0.25, 0.3) is 10.0 Å². The molecule has 1 heterocycles. The third-order valence-electron chi connectivity index (χ3n) is 4.50. The van der Waals surface area contributed by atoms with Crippen LogP contribution in [0.25, 0.3) is 0 Å². The molecule has 0 aliphatic carbocycles. The molecule has 0 spiro atoms. The monoisotopic (exact) mass is 408 g/mol. The second kappa shape index (κ2) is 6.73. The van der Waals surface area contributed by atoms with Crippen molar-refractivity contribution in [3.63, 3.8) is 0 Å². The van der Waals surface area contributed by atoms with E-state index < -0.39 is 15.4 Å². The third-order valence-corrected chi connectivity index (χ3v) is 6.28. The van der Waals surface area contributed by atoms with Crippen LogP contribution in [-0.4, -0.2) is 28.0 Å². The highest BCUT2D eigenvalue weighted by molar-refractivity contribution is 7.92. The molecule has 2 aromatic carbocycles. The number of carbonyl (C=O) groups is 1. The number of hydrogen-bond donors (Lipinski definition) is 1. The van der Waals surface area contributed by atoms with E-state index in [1.165, 1.54) is 17.0 Å². The molecule has 0 saturated heterocycles. The summed E-state index contributed by atoms with van der Waals surface area (Å²) < 4.78 is 33.6. The Morgan fingerprint density at radius 3 is 2.56 bits per heavy atom. The van der Waals surface area contributed by atoms with Crippen molar-refractivity contribution in [2.75, 3.05) is 23.3 Å². The standard InChI is InChI=1S/C19H21ClN2O4S/c1-12-5-7-14(10-15(12)20)27(24,25)21-13-6-8-17-16(9-13)22(4)18(23)19(2,3)11-26-17/h5-10,21H,11H2,1-4H3. The largest absolute Gasteiger partial charge is 0.490 e. The van der Waals surface area contributed by atoms with Gasteiger partial charge in [-0.1, -0.05) is 17.7 Å². The highest BCUT2D eigenvalue weighted by Gasteiger charge is 2.36. The molecule has 3 rings (SSSR count). The van der Waals surface area contributed by atoms with Crippen LogP contribution >= 0.6 is 11.6 Å². The predicted octanol–water partition coefficient (Wildman–Crippen LogP) is 3.83. The molecule has 0 fully saturated rings. The Morgan fingerprint density at radius 1 is 1.19 bits per heavy atom. The van der Waals surface area contributed by atoms with Crippen LogP contribution in [0.15, 0.2) is 41.3 Å². The quantitative estimate of drug-likeness (QED) is 0.837. The average Bonchev–Trinajstić information content (AvgIpc) is 2.68. The van der Waals surface area contributed by atoms with Crippen LogP contribution in [0.5, 0.6) is 5.75 Å². The van der Waals surface area contributed by atoms with E-state index in [1.54, 1.807) is 38.2 Å². The molecular weight excluding hydrogens is 388 g/mol. The van der Waals surface area contributed by atoms with E-state index in [9.17, 15) is 13.2 Å². The highest BCUT2D eigenvalue weighted by atomic mass is 35.5. The number of fused-ring (bicyclic) bond motifs is 1. The van der Waals surface area contributed by atoms with Crippen LogP contribution in [0, 0.1) is 12.3 Å². The van der Waals surface area contributed by atoms with E-state index in [1.807, 2.05) is 13.8 Å². The van der Waals surface area contributed by atoms with Crippen LogP contribution in [0.1, 0.15) is 19.4 Å². The van der Waals surface area contributed by atoms with Gasteiger partial charge in [-0.15, -0.1) is 0 Å². The Labute approximate surface area is 164 Å². The van der Waals surface area contributed by atoms with Gasteiger partial charge in [-0.25, -0.2) is 8.42 Å². The van der Waals surface area contributed by atoms with Gasteiger partial charge in [0.1, 0.15) is 12.4 Å². The number of nitrogens with zero attached hydrogens (tertiary/aromatic N) is 1. The molecular formula is C19H21ClN2O4S. The number of carbonyl (C=O) groups excluding carboxylic acids is 1. The average molecular weight is 409 g/mol. The first-order chi connectivity index (χ1) is 12.5. The first kappa shape index (κ1) is 19.5. The summed E-state index contributed by atoms with van der Waals surface area (Å²) in [6.07, 6.45) is 0. The molecule has 1 aliphatic heterocycles. The molecule has 144 valence electrons. The minimum atomic E-state index is -3.82. The molecule has 8 heteroatoms. The number of benzene rings is 2. The highest BCUT2D eigenvalue weighted by Crippen LogP contribution is 2.37. The summed E-state index contributed by atoms with van der Waals surface area (Å²) >= 11 is 6.04. The van der Waals surface area contributed by atoms with Gasteiger partial charge in [0.05, 0.1) is 21.7 Å². The Hall–Kier alpha value is -2.25. The Morgan fingerprint density at radius 2 is 1.89 bits per heavy atom. The number of aryl methyl sites for hydroxylation is 1. The van der Waals surface area contributed by atoms with Gasteiger partial charge in [-0.2, -0.15) is 0 Å². The van der Waals surface area contributed by atoms with E-state index in [0.717, 1.165) is 5.56 Å². The number of rotatable bonds is 3. The minimum Gasteiger partial charge on any atom is -0.490 e. The minimum absolute atomic E-state index is 0.0647. The van der Waals surface area contributed by atoms with Crippen molar-refractivity contribution in [3.05, 3.63) is 47.0 Å². The van der Waals surface area contributed by atoms with Crippen molar-refractivity contribution in [2.24, 2.45) is 5.41 Å². The lowest BCUT2D eigenvalue weighted by molar-refractivity contribution is -0.127. The number of ether oxygens (including phenoxy) is 1. The molecule has 0 bridgehead atoms. The number of amides is 1. The summed E-state index contributed by atoms with van der Waals surface area (Å²) in [5.41, 5.74) is 0.952. The fraction of sp³-hybridized carbons (Fsp3) is 0.316. The number of anilines is 2. The summed E-state index contributed by atoms with van der Waals surface area (Å²) in [6, 6.07) is 9.39. The second-order valence-corrected chi connectivity index (χ2v) is 9.33. The van der Waals surface area contributed by atoms with E-state index in [4.69, 9.17) is 16.3 Å². The molecule has 0 atom stereocenters. The summed E-state index contributed by atoms with van der Waals surface area (Å²) in [4.78, 5) is 14.2. The van der Waals surface area contributed by atoms with Crippen molar-refractivity contribution >= 4 is 38.9 Å². The number of hydrogen-bond acceptors (Lipinski definition) is 4. The summed E-state index contributed by atoms with van der Waals surface area (Å²) in [6.45, 7) is 5.66. The smallest absolute Gasteiger partial charge is 0.261 e. The second-order valence-electron chi connectivity index (χ2n) is 7.24. The maximum Gasteiger partial charge on any atom is 0.261 e. The third kappa shape index (κ3) is 3.75. The molecule has 1 amide bonds. The lowest BCUT2D eigenvalue weighted by Gasteiger charge is -2.24. The van der Waals surface area contributed by atoms with E-state index in [-0.39, 0.29) is 17.4 Å². The zero-order valence-electron chi connectivity index (χ0n) is 15.5. The van der Waals surface area contributed by atoms with Gasteiger partial charge in [-0.3, -0.25) is 9.52 Å². The zero-order chi connectivity index (χ0) is 20.0. The molecule has 0 unspecified atom stereocenters. The van der Waals surface area contributed by atoms with Gasteiger partial charge in [0, 0.05) is 12.1 Å². The molecule has 27 heavy (non-hydrogen) atoms. The predicted molar refractivity (Wildman–Crippen MR) is 106 cm³/mol. The van der Waals surface area contributed by atoms with Crippen molar-refractivity contribution in [2.45, 2.75) is 25.7 Å². The molecule has 0 saturated carbocycles. The van der Waals surface area contributed by atoms with Gasteiger partial charge >= 0.3 is 0 Å². The van der Waals surface area contributed by atoms with Gasteiger partial charge < -0.3 is 9.64 Å². The van der Waals surface area contributed by atoms with Crippen molar-refractivity contribution in [1.82, 2.24) is 0 Å². The van der Waals surface area contributed by atoms with E-state index in [2.05, 4.69) is 4.72 Å². The Kier molecular flexibility index (Phi) is 4.86. The first-order valence-corrected chi connectivity index (χ1v) is 10.2. The molecule has 0 radical (unpaired) electrons. The fourth-order valence-corrected chi connectivity index (χ4v) is 4.12. The Balaban J connectivity index is 1.95. The van der Waals surface area contributed by atoms with Crippen molar-refractivity contribution in [1.29, 1.82) is 0 Å². The summed E-state index contributed by atoms with van der Waals surface area (Å²) in [5.74, 6) is 0.421. The SMILES string of the molecule is Cc1ccc(S(=O)(=O)Nc2ccc3c(c2)N(C)C(=O)C(C)(C)CO3)cc1Cl. The van der Waals surface area contributed by atoms with Crippen molar-refractivity contribution in [3.8, 4) is 5.75 Å². The van der Waals surface area contributed by atoms with Crippen LogP contribution in [0.4, 0.5) is 11.4 Å². The maximum atomic E-state index is 12.7. The molecule has 6 nitrogen and oxygen atoms in total. The Bertz CT molecular complexity index is 1020. The normalized spacial score (nSPS) is 16.3. The van der Waals surface area contributed by atoms with Gasteiger partial charge in [0.2, 0.25) is 5.91 Å². The van der Waals surface area contributed by atoms with Crippen molar-refractivity contribution < 1.29 is 17.9 Å². The van der Waals surface area contributed by atoms with Crippen LogP contribution < -0.4 is 14.4 Å². The number of sulfonamides is 1. The topological polar surface area (TPSA) is 75.7 Å². The lowest BCUT2D eigenvalue weighted by Crippen LogP contribution is -2.39. The number of halogens is 1. The molecule has 2 aromatic rings. The maximum absolute atomic E-state index is 12.7. The summed E-state index contributed by atoms with van der Waals surface area (Å²) in [5, 5.41) is 0.376. The zero-order valence-corrected chi connectivity index (χ0v) is 17.1. The van der Waals surface area contributed by atoms with Crippen LogP contribution in [-0.2, 0) is 14.8 Å². The molecule has 0 aromatic heterocycles. The van der Waals surface area contributed by atoms with Crippen LogP contribution in [0.3, 0.4) is 0 Å². The molecule has 1 N–H and O–H groups in total. The van der Waals surface area contributed by atoms with E-state index in [0.29, 0.717) is 22.1 Å². The summed E-state index contributed by atoms with van der Waals surface area (Å²) in [7, 11) is -2.17. The molecule has 1 aliphatic rings. The van der Waals surface area contributed by atoms with Gasteiger partial charge in [-0.05, 0) is 56.7 Å². The van der Waals surface area contributed by atoms with E-state index >= 15 is 0 Å². The lowest BCUT2D eigenvalue weighted by atomic mass is 9.93. The van der Waals surface area contributed by atoms with Crippen LogP contribution in [0.2, 0.25) is 5.02 Å². The number of nitrogens with one attached hydrogen (secondary N) is 1. The fourth-order valence-electron chi connectivity index (χ4n) is 2.80. The van der Waals surface area contributed by atoms with Gasteiger partial charge in [0.15, 0.2) is 0 Å². The first-order valence-electron chi connectivity index (χ1n) is 8.35.